The molecule has 0 amide bonds. The van der Waals surface area contributed by atoms with Crippen LogP contribution >= 0.6 is 11.8 Å². The molecule has 3 atom stereocenters. The van der Waals surface area contributed by atoms with E-state index in [4.69, 9.17) is 9.84 Å². The van der Waals surface area contributed by atoms with E-state index in [1.165, 1.54) is 24.1 Å². The predicted octanol–water partition coefficient (Wildman–Crippen LogP) is -1.03. The summed E-state index contributed by atoms with van der Waals surface area (Å²) in [7, 11) is 1.54. The summed E-state index contributed by atoms with van der Waals surface area (Å²) in [5.74, 6) is -0.414. The maximum atomic E-state index is 12.1. The minimum Gasteiger partial charge on any atom is -0.394 e. The molecular formula is C13H15N5O7S. The van der Waals surface area contributed by atoms with Crippen LogP contribution in [0.15, 0.2) is 32.0 Å². The third-order valence-corrected chi connectivity index (χ3v) is 5.05. The Bertz CT molecular complexity index is 951. The van der Waals surface area contributed by atoms with Gasteiger partial charge in [0.15, 0.2) is 5.03 Å². The van der Waals surface area contributed by atoms with Gasteiger partial charge < -0.3 is 29.6 Å². The molecule has 3 rings (SSSR count). The van der Waals surface area contributed by atoms with Crippen molar-refractivity contribution in [3.05, 3.63) is 43.5 Å². The number of aliphatic hydroxyl groups excluding tert-OH is 2. The molecule has 12 nitrogen and oxygen atoms in total. The van der Waals surface area contributed by atoms with E-state index in [0.29, 0.717) is 0 Å². The number of rotatable bonds is 5. The number of nitro groups is 1. The number of hydrogen-bond donors (Lipinski definition) is 3. The number of aromatic amines is 1. The Hall–Kier alpha value is -2.48. The lowest BCUT2D eigenvalue weighted by molar-refractivity contribution is -0.392. The summed E-state index contributed by atoms with van der Waals surface area (Å²) in [6.45, 7) is -0.418. The molecule has 0 saturated carbocycles. The van der Waals surface area contributed by atoms with Gasteiger partial charge in [0.25, 0.3) is 5.56 Å². The van der Waals surface area contributed by atoms with Crippen LogP contribution in [0.1, 0.15) is 12.6 Å². The largest absolute Gasteiger partial charge is 0.396 e. The average Bonchev–Trinajstić information content (AvgIpc) is 3.13. The zero-order chi connectivity index (χ0) is 19.0. The fraction of sp³-hybridized carbons (Fsp3) is 0.462. The summed E-state index contributed by atoms with van der Waals surface area (Å²) in [6, 6.07) is 0. The molecule has 3 N–H and O–H groups in total. The fourth-order valence-corrected chi connectivity index (χ4v) is 3.49. The number of hydrogen-bond acceptors (Lipinski definition) is 9. The number of imidazole rings is 1. The molecule has 1 aliphatic rings. The highest BCUT2D eigenvalue weighted by molar-refractivity contribution is 7.99. The van der Waals surface area contributed by atoms with Crippen LogP contribution in [-0.4, -0.2) is 53.1 Å². The molecule has 2 aromatic rings. The van der Waals surface area contributed by atoms with Crippen molar-refractivity contribution in [2.24, 2.45) is 7.05 Å². The van der Waals surface area contributed by atoms with Gasteiger partial charge in [-0.25, -0.2) is 4.79 Å². The first-order valence-corrected chi connectivity index (χ1v) is 8.27. The van der Waals surface area contributed by atoms with Crippen LogP contribution < -0.4 is 11.2 Å². The Labute approximate surface area is 149 Å². The van der Waals surface area contributed by atoms with E-state index in [1.807, 2.05) is 0 Å². The van der Waals surface area contributed by atoms with Gasteiger partial charge in [-0.05, 0) is 9.91 Å². The van der Waals surface area contributed by atoms with Crippen molar-refractivity contribution in [3.8, 4) is 0 Å². The Morgan fingerprint density at radius 2 is 2.27 bits per heavy atom. The third kappa shape index (κ3) is 3.29. The summed E-state index contributed by atoms with van der Waals surface area (Å²) < 4.78 is 7.87. The van der Waals surface area contributed by atoms with Crippen molar-refractivity contribution in [2.45, 2.75) is 34.8 Å². The number of aliphatic hydroxyl groups is 2. The van der Waals surface area contributed by atoms with Crippen LogP contribution in [0.25, 0.3) is 0 Å². The van der Waals surface area contributed by atoms with Crippen molar-refractivity contribution in [1.29, 1.82) is 0 Å². The first kappa shape index (κ1) is 18.3. The van der Waals surface area contributed by atoms with Crippen molar-refractivity contribution in [1.82, 2.24) is 19.1 Å². The molecule has 0 spiro atoms. The normalized spacial score (nSPS) is 22.7. The molecule has 2 aromatic heterocycles. The molecule has 3 unspecified atom stereocenters. The Morgan fingerprint density at radius 3 is 2.88 bits per heavy atom. The first-order valence-electron chi connectivity index (χ1n) is 7.45. The molecule has 1 fully saturated rings. The topological polar surface area (TPSA) is 166 Å². The number of H-pyrrole nitrogens is 1. The summed E-state index contributed by atoms with van der Waals surface area (Å²) in [4.78, 5) is 40.3. The lowest BCUT2D eigenvalue weighted by atomic mass is 10.2. The van der Waals surface area contributed by atoms with Crippen LogP contribution in [-0.2, 0) is 11.8 Å². The van der Waals surface area contributed by atoms with E-state index in [1.54, 1.807) is 0 Å². The number of nitrogens with one attached hydrogen (secondary N) is 1. The zero-order valence-electron chi connectivity index (χ0n) is 13.4. The van der Waals surface area contributed by atoms with Crippen LogP contribution in [0.4, 0.5) is 5.82 Å². The number of aryl methyl sites for hydroxylation is 1. The lowest BCUT2D eigenvalue weighted by Gasteiger charge is -2.15. The monoisotopic (exact) mass is 385 g/mol. The van der Waals surface area contributed by atoms with Gasteiger partial charge in [0.05, 0.1) is 17.6 Å². The molecule has 140 valence electrons. The van der Waals surface area contributed by atoms with Gasteiger partial charge in [0.1, 0.15) is 12.3 Å². The van der Waals surface area contributed by atoms with Gasteiger partial charge in [0.2, 0.25) is 6.33 Å². The molecule has 0 bridgehead atoms. The van der Waals surface area contributed by atoms with E-state index in [2.05, 4.69) is 9.97 Å². The second kappa shape index (κ2) is 7.03. The molecule has 1 saturated heterocycles. The van der Waals surface area contributed by atoms with Crippen molar-refractivity contribution in [2.75, 3.05) is 6.61 Å². The highest BCUT2D eigenvalue weighted by Crippen LogP contribution is 2.33. The highest BCUT2D eigenvalue weighted by atomic mass is 32.2. The number of aromatic nitrogens is 4. The standard InChI is InChI=1S/C13H15N5O7S/c1-16-5-14-10(18(23)24)12(16)26-8-3-17(13(22)15-11(8)21)9-2-6(20)7(4-19)25-9/h3,5-7,9,19-20H,2,4H2,1H3,(H,15,21,22). The second-order valence-electron chi connectivity index (χ2n) is 5.62. The minimum absolute atomic E-state index is 0.0156. The van der Waals surface area contributed by atoms with Crippen LogP contribution in [0.2, 0.25) is 0 Å². The Morgan fingerprint density at radius 1 is 1.54 bits per heavy atom. The fourth-order valence-electron chi connectivity index (χ4n) is 2.56. The van der Waals surface area contributed by atoms with Gasteiger partial charge in [-0.2, -0.15) is 0 Å². The highest BCUT2D eigenvalue weighted by Gasteiger charge is 2.35. The lowest BCUT2D eigenvalue weighted by Crippen LogP contribution is -2.33. The van der Waals surface area contributed by atoms with E-state index in [-0.39, 0.29) is 16.3 Å². The van der Waals surface area contributed by atoms with Crippen LogP contribution in [0.3, 0.4) is 0 Å². The van der Waals surface area contributed by atoms with Gasteiger partial charge in [-0.1, -0.05) is 11.8 Å². The van der Waals surface area contributed by atoms with Gasteiger partial charge >= 0.3 is 11.5 Å². The third-order valence-electron chi connectivity index (χ3n) is 3.87. The predicted molar refractivity (Wildman–Crippen MR) is 86.9 cm³/mol. The Kier molecular flexibility index (Phi) is 4.95. The summed E-state index contributed by atoms with van der Waals surface area (Å²) in [5, 5.41) is 30.1. The van der Waals surface area contributed by atoms with Crippen molar-refractivity contribution < 1.29 is 19.9 Å². The SMILES string of the molecule is Cn1cnc([N+](=O)[O-])c1Sc1cn(C2CC(O)C(CO)O2)c(=O)[nH]c1=O. The minimum atomic E-state index is -0.960. The summed E-state index contributed by atoms with van der Waals surface area (Å²) >= 11 is 0.779. The maximum absolute atomic E-state index is 12.1. The first-order chi connectivity index (χ1) is 12.3. The number of nitrogens with zero attached hydrogens (tertiary/aromatic N) is 4. The summed E-state index contributed by atoms with van der Waals surface area (Å²) in [6.07, 6.45) is -0.182. The van der Waals surface area contributed by atoms with Gasteiger partial charge in [-0.3, -0.25) is 14.3 Å². The van der Waals surface area contributed by atoms with Crippen LogP contribution in [0.5, 0.6) is 0 Å². The van der Waals surface area contributed by atoms with E-state index in [0.717, 1.165) is 16.3 Å². The Balaban J connectivity index is 1.98. The molecule has 1 aliphatic heterocycles. The molecule has 0 radical (unpaired) electrons. The van der Waals surface area contributed by atoms with Crippen molar-refractivity contribution in [3.63, 3.8) is 0 Å². The summed E-state index contributed by atoms with van der Waals surface area (Å²) in [5.41, 5.74) is -1.47. The molecule has 26 heavy (non-hydrogen) atoms. The number of ether oxygens (including phenoxy) is 1. The van der Waals surface area contributed by atoms with Crippen molar-refractivity contribution >= 4 is 17.6 Å². The second-order valence-corrected chi connectivity index (χ2v) is 6.65. The van der Waals surface area contributed by atoms with E-state index < -0.39 is 47.0 Å². The maximum Gasteiger partial charge on any atom is 0.396 e. The average molecular weight is 385 g/mol. The quantitative estimate of drug-likeness (QED) is 0.431. The van der Waals surface area contributed by atoms with E-state index >= 15 is 0 Å². The molecule has 3 heterocycles. The zero-order valence-corrected chi connectivity index (χ0v) is 14.3. The molecule has 0 aliphatic carbocycles. The van der Waals surface area contributed by atoms with Gasteiger partial charge in [-0.15, -0.1) is 0 Å². The molecule has 0 aromatic carbocycles. The van der Waals surface area contributed by atoms with Crippen LogP contribution in [0, 0.1) is 10.1 Å². The van der Waals surface area contributed by atoms with E-state index in [9.17, 15) is 24.8 Å². The molecule has 13 heteroatoms. The van der Waals surface area contributed by atoms with Gasteiger partial charge in [0, 0.05) is 19.7 Å². The smallest absolute Gasteiger partial charge is 0.394 e. The molecular weight excluding hydrogens is 370 g/mol.